The van der Waals surface area contributed by atoms with Crippen molar-refractivity contribution in [3.05, 3.63) is 24.4 Å². The van der Waals surface area contributed by atoms with E-state index in [9.17, 15) is 0 Å². The lowest BCUT2D eigenvalue weighted by atomic mass is 10.4. The summed E-state index contributed by atoms with van der Waals surface area (Å²) < 4.78 is 14.0. The van der Waals surface area contributed by atoms with Gasteiger partial charge in [-0.15, -0.1) is 0 Å². The number of hydrogen-bond donors (Lipinski definition) is 2. The lowest BCUT2D eigenvalue weighted by Gasteiger charge is -2.06. The van der Waals surface area contributed by atoms with Gasteiger partial charge in [0.05, 0.1) is 2.74 Å². The zero-order valence-corrected chi connectivity index (χ0v) is 3.68. The third-order valence-corrected chi connectivity index (χ3v) is 0.633. The topological polar surface area (TPSA) is 32.3 Å². The zero-order chi connectivity index (χ0) is 6.91. The first-order valence-electron chi connectivity index (χ1n) is 2.97. The molecule has 1 rings (SSSR count). The van der Waals surface area contributed by atoms with E-state index in [1.165, 1.54) is 12.3 Å². The van der Waals surface area contributed by atoms with E-state index in [0.29, 0.717) is 0 Å². The molecule has 7 heavy (non-hydrogen) atoms. The molecule has 2 nitrogen and oxygen atoms in total. The molecule has 2 heteroatoms. The summed E-state index contributed by atoms with van der Waals surface area (Å²) in [6.45, 7) is 0. The van der Waals surface area contributed by atoms with Gasteiger partial charge >= 0.3 is 0 Å². The Morgan fingerprint density at radius 3 is 3.14 bits per heavy atom. The van der Waals surface area contributed by atoms with Gasteiger partial charge in [-0.3, -0.25) is 0 Å². The molecule has 1 heterocycles. The number of dihydropyridines is 1. The highest BCUT2D eigenvalue weighted by atomic mass is 16.3. The summed E-state index contributed by atoms with van der Waals surface area (Å²) in [5, 5.41) is 11.2. The second kappa shape index (κ2) is 1.80. The molecular weight excluding hydrogens is 90.1 g/mol. The second-order valence-electron chi connectivity index (χ2n) is 1.16. The van der Waals surface area contributed by atoms with Crippen LogP contribution in [0.3, 0.4) is 0 Å². The Balaban J connectivity index is 2.83. The van der Waals surface area contributed by atoms with Crippen LogP contribution >= 0.6 is 0 Å². The van der Waals surface area contributed by atoms with Crippen LogP contribution in [0.5, 0.6) is 0 Å². The minimum atomic E-state index is -1.92. The number of nitrogens with one attached hydrogen (secondary N) is 1. The average molecular weight is 99.1 g/mol. The first-order chi connectivity index (χ1) is 4.13. The highest BCUT2D eigenvalue weighted by Crippen LogP contribution is 1.87. The van der Waals surface area contributed by atoms with Crippen molar-refractivity contribution in [2.75, 3.05) is 0 Å². The van der Waals surface area contributed by atoms with E-state index in [1.807, 2.05) is 0 Å². The van der Waals surface area contributed by atoms with Gasteiger partial charge in [0.25, 0.3) is 0 Å². The van der Waals surface area contributed by atoms with Gasteiger partial charge in [0, 0.05) is 0 Å². The summed E-state index contributed by atoms with van der Waals surface area (Å²) in [6, 6.07) is -0.148. The van der Waals surface area contributed by atoms with Gasteiger partial charge < -0.3 is 10.4 Å². The minimum Gasteiger partial charge on any atom is -0.370 e. The standard InChI is InChI=1S/C5H7NO/c7-5-3-1-2-4-6-5/h1-7H/i3D,5D. The van der Waals surface area contributed by atoms with E-state index in [4.69, 9.17) is 7.85 Å². The lowest BCUT2D eigenvalue weighted by Crippen LogP contribution is -2.21. The molecule has 0 aromatic rings. The minimum absolute atomic E-state index is 0.148. The molecular formula is C5H7NO. The predicted molar refractivity (Wildman–Crippen MR) is 27.4 cm³/mol. The molecule has 0 amide bonds. The molecule has 0 radical (unpaired) electrons. The van der Waals surface area contributed by atoms with Gasteiger partial charge in [-0.1, -0.05) is 6.08 Å². The molecule has 1 aliphatic rings. The van der Waals surface area contributed by atoms with Crippen molar-refractivity contribution in [2.24, 2.45) is 0 Å². The normalized spacial score (nSPS) is 43.3. The molecule has 0 saturated carbocycles. The Labute approximate surface area is 45.0 Å². The van der Waals surface area contributed by atoms with Crippen LogP contribution in [0.1, 0.15) is 2.74 Å². The van der Waals surface area contributed by atoms with Gasteiger partial charge in [-0.05, 0) is 18.3 Å². The lowest BCUT2D eigenvalue weighted by molar-refractivity contribution is 0.201. The summed E-state index contributed by atoms with van der Waals surface area (Å²) in [7, 11) is 0. The second-order valence-corrected chi connectivity index (χ2v) is 1.16. The first-order valence-corrected chi connectivity index (χ1v) is 1.97. The van der Waals surface area contributed by atoms with E-state index in [-0.39, 0.29) is 6.05 Å². The first kappa shape index (κ1) is 2.52. The van der Waals surface area contributed by atoms with Crippen molar-refractivity contribution >= 4 is 0 Å². The smallest absolute Gasteiger partial charge is 0.143 e. The SMILES string of the molecule is [2H]C1=CC=CNC1([2H])O. The van der Waals surface area contributed by atoms with Gasteiger partial charge in [0.1, 0.15) is 6.20 Å². The van der Waals surface area contributed by atoms with Crippen molar-refractivity contribution in [1.82, 2.24) is 5.32 Å². The average Bonchev–Trinajstić information content (AvgIpc) is 1.77. The summed E-state index contributed by atoms with van der Waals surface area (Å²) in [5.41, 5.74) is 0. The predicted octanol–water partition coefficient (Wildman–Crippen LogP) is -0.0221. The molecule has 1 unspecified atom stereocenters. The Morgan fingerprint density at radius 2 is 2.71 bits per heavy atom. The highest BCUT2D eigenvalue weighted by molar-refractivity contribution is 5.08. The van der Waals surface area contributed by atoms with Gasteiger partial charge in [0.15, 0.2) is 0 Å². The van der Waals surface area contributed by atoms with Crippen LogP contribution in [0.15, 0.2) is 24.4 Å². The van der Waals surface area contributed by atoms with E-state index in [1.54, 1.807) is 6.08 Å². The fraction of sp³-hybridized carbons (Fsp3) is 0.200. The largest absolute Gasteiger partial charge is 0.370 e. The maximum atomic E-state index is 8.89. The van der Waals surface area contributed by atoms with Crippen LogP contribution in [-0.2, 0) is 0 Å². The third kappa shape index (κ3) is 1.05. The van der Waals surface area contributed by atoms with Crippen LogP contribution in [0, 0.1) is 0 Å². The fourth-order valence-corrected chi connectivity index (χ4v) is 0.344. The van der Waals surface area contributed by atoms with Crippen molar-refractivity contribution in [3.8, 4) is 0 Å². The molecule has 0 spiro atoms. The van der Waals surface area contributed by atoms with Crippen LogP contribution in [0.2, 0.25) is 0 Å². The highest BCUT2D eigenvalue weighted by Gasteiger charge is 1.92. The molecule has 2 N–H and O–H groups in total. The fourth-order valence-electron chi connectivity index (χ4n) is 0.344. The van der Waals surface area contributed by atoms with Crippen LogP contribution in [-0.4, -0.2) is 11.3 Å². The van der Waals surface area contributed by atoms with E-state index < -0.39 is 6.20 Å². The van der Waals surface area contributed by atoms with Crippen molar-refractivity contribution in [3.63, 3.8) is 0 Å². The van der Waals surface area contributed by atoms with E-state index in [0.717, 1.165) is 0 Å². The molecule has 0 aliphatic carbocycles. The zero-order valence-electron chi connectivity index (χ0n) is 5.68. The number of hydrogen-bond acceptors (Lipinski definition) is 2. The van der Waals surface area contributed by atoms with Gasteiger partial charge in [0.2, 0.25) is 0 Å². The van der Waals surface area contributed by atoms with Crippen molar-refractivity contribution in [1.29, 1.82) is 0 Å². The van der Waals surface area contributed by atoms with Crippen LogP contribution < -0.4 is 5.32 Å². The van der Waals surface area contributed by atoms with Gasteiger partial charge in [-0.2, -0.15) is 0 Å². The van der Waals surface area contributed by atoms with Crippen molar-refractivity contribution in [2.45, 2.75) is 6.20 Å². The van der Waals surface area contributed by atoms with E-state index in [2.05, 4.69) is 5.32 Å². The van der Waals surface area contributed by atoms with Crippen LogP contribution in [0.4, 0.5) is 0 Å². The summed E-state index contributed by atoms with van der Waals surface area (Å²) in [6.07, 6.45) is 2.43. The quantitative estimate of drug-likeness (QED) is 0.447. The summed E-state index contributed by atoms with van der Waals surface area (Å²) in [4.78, 5) is 0. The Bertz CT molecular complexity index is 174. The van der Waals surface area contributed by atoms with Crippen molar-refractivity contribution < 1.29 is 7.85 Å². The maximum absolute atomic E-state index is 8.89. The molecule has 0 aromatic heterocycles. The molecule has 1 aliphatic heterocycles. The number of aliphatic hydroxyl groups is 1. The molecule has 0 fully saturated rings. The molecule has 0 bridgehead atoms. The van der Waals surface area contributed by atoms with Crippen LogP contribution in [0.25, 0.3) is 0 Å². The Kier molecular flexibility index (Phi) is 0.648. The molecule has 1 atom stereocenters. The molecule has 38 valence electrons. The number of allylic oxidation sites excluding steroid dienone is 2. The Morgan fingerprint density at radius 1 is 1.86 bits per heavy atom. The summed E-state index contributed by atoms with van der Waals surface area (Å²) in [5.74, 6) is 0. The maximum Gasteiger partial charge on any atom is 0.143 e. The number of rotatable bonds is 0. The van der Waals surface area contributed by atoms with Gasteiger partial charge in [-0.25, -0.2) is 0 Å². The molecule has 0 aromatic carbocycles. The summed E-state index contributed by atoms with van der Waals surface area (Å²) >= 11 is 0. The van der Waals surface area contributed by atoms with E-state index >= 15 is 0 Å². The third-order valence-electron chi connectivity index (χ3n) is 0.633. The monoisotopic (exact) mass is 99.1 g/mol. The molecule has 0 saturated heterocycles. The Hall–Kier alpha value is -0.760.